The van der Waals surface area contributed by atoms with Crippen LogP contribution in [0.5, 0.6) is 0 Å². The maximum Gasteiger partial charge on any atom is 0.133 e. The van der Waals surface area contributed by atoms with Gasteiger partial charge in [0.1, 0.15) is 5.78 Å². The van der Waals surface area contributed by atoms with Gasteiger partial charge in [0, 0.05) is 12.8 Å². The second kappa shape index (κ2) is 4.40. The molecule has 0 spiro atoms. The van der Waals surface area contributed by atoms with Crippen molar-refractivity contribution in [3.63, 3.8) is 0 Å². The van der Waals surface area contributed by atoms with E-state index in [1.165, 1.54) is 12.0 Å². The first-order valence-electron chi connectivity index (χ1n) is 6.18. The monoisotopic (exact) mass is 216 g/mol. The Labute approximate surface area is 97.9 Å². The van der Waals surface area contributed by atoms with Crippen LogP contribution in [0, 0.1) is 5.92 Å². The first-order valence-corrected chi connectivity index (χ1v) is 6.18. The van der Waals surface area contributed by atoms with Gasteiger partial charge in [0.15, 0.2) is 0 Å². The molecule has 0 aromatic heterocycles. The standard InChI is InChI=1S/C15H20O/c1-15(2,12-7-4-3-5-8-12)13-9-6-10-14(16)11-13/h3-5,7-8,13H,6,9-11H2,1-2H3. The van der Waals surface area contributed by atoms with Crippen molar-refractivity contribution in [3.8, 4) is 0 Å². The van der Waals surface area contributed by atoms with Gasteiger partial charge in [0.05, 0.1) is 0 Å². The molecule has 0 aliphatic heterocycles. The summed E-state index contributed by atoms with van der Waals surface area (Å²) in [5.41, 5.74) is 1.48. The molecule has 1 aromatic rings. The average Bonchev–Trinajstić information content (AvgIpc) is 2.30. The van der Waals surface area contributed by atoms with Crippen molar-refractivity contribution in [2.75, 3.05) is 0 Å². The minimum absolute atomic E-state index is 0.122. The molecule has 0 amide bonds. The van der Waals surface area contributed by atoms with E-state index in [4.69, 9.17) is 0 Å². The molecule has 0 heterocycles. The van der Waals surface area contributed by atoms with E-state index < -0.39 is 0 Å². The Kier molecular flexibility index (Phi) is 3.13. The van der Waals surface area contributed by atoms with E-state index in [9.17, 15) is 4.79 Å². The lowest BCUT2D eigenvalue weighted by Gasteiger charge is -2.37. The van der Waals surface area contributed by atoms with Gasteiger partial charge in [0.2, 0.25) is 0 Å². The van der Waals surface area contributed by atoms with Crippen LogP contribution in [0.15, 0.2) is 30.3 Å². The Morgan fingerprint density at radius 1 is 1.19 bits per heavy atom. The van der Waals surface area contributed by atoms with Crippen molar-refractivity contribution in [2.24, 2.45) is 5.92 Å². The summed E-state index contributed by atoms with van der Waals surface area (Å²) in [5.74, 6) is 0.955. The smallest absolute Gasteiger partial charge is 0.133 e. The minimum atomic E-state index is 0.122. The molecule has 2 rings (SSSR count). The predicted octanol–water partition coefficient (Wildman–Crippen LogP) is 3.72. The second-order valence-corrected chi connectivity index (χ2v) is 5.42. The molecule has 1 saturated carbocycles. The molecule has 1 aliphatic rings. The molecule has 1 aliphatic carbocycles. The summed E-state index contributed by atoms with van der Waals surface area (Å²) >= 11 is 0. The molecule has 0 saturated heterocycles. The third-order valence-corrected chi connectivity index (χ3v) is 4.02. The summed E-state index contributed by atoms with van der Waals surface area (Å²) in [5, 5.41) is 0. The number of rotatable bonds is 2. The van der Waals surface area contributed by atoms with E-state index >= 15 is 0 Å². The van der Waals surface area contributed by atoms with Crippen LogP contribution in [0.3, 0.4) is 0 Å². The van der Waals surface area contributed by atoms with Crippen molar-refractivity contribution >= 4 is 5.78 Å². The first kappa shape index (κ1) is 11.4. The van der Waals surface area contributed by atoms with Gasteiger partial charge >= 0.3 is 0 Å². The highest BCUT2D eigenvalue weighted by Gasteiger charge is 2.34. The van der Waals surface area contributed by atoms with Crippen LogP contribution in [0.4, 0.5) is 0 Å². The lowest BCUT2D eigenvalue weighted by atomic mass is 9.67. The lowest BCUT2D eigenvalue weighted by molar-refractivity contribution is -0.122. The van der Waals surface area contributed by atoms with E-state index in [2.05, 4.69) is 38.1 Å². The Hall–Kier alpha value is -1.11. The highest BCUT2D eigenvalue weighted by molar-refractivity contribution is 5.79. The molecule has 1 heteroatoms. The molecule has 86 valence electrons. The zero-order valence-electron chi connectivity index (χ0n) is 10.2. The van der Waals surface area contributed by atoms with Gasteiger partial charge in [-0.3, -0.25) is 4.79 Å². The second-order valence-electron chi connectivity index (χ2n) is 5.42. The fraction of sp³-hybridized carbons (Fsp3) is 0.533. The highest BCUT2D eigenvalue weighted by atomic mass is 16.1. The molecular formula is C15H20O. The van der Waals surface area contributed by atoms with Crippen LogP contribution in [0.25, 0.3) is 0 Å². The Morgan fingerprint density at radius 2 is 1.88 bits per heavy atom. The van der Waals surface area contributed by atoms with Gasteiger partial charge in [0.25, 0.3) is 0 Å². The van der Waals surface area contributed by atoms with Crippen molar-refractivity contribution in [1.82, 2.24) is 0 Å². The maximum atomic E-state index is 11.6. The number of carbonyl (C=O) groups excluding carboxylic acids is 1. The fourth-order valence-electron chi connectivity index (χ4n) is 2.74. The van der Waals surface area contributed by atoms with Crippen LogP contribution in [0.2, 0.25) is 0 Å². The molecule has 0 bridgehead atoms. The highest BCUT2D eigenvalue weighted by Crippen LogP contribution is 2.39. The van der Waals surface area contributed by atoms with Gasteiger partial charge in [-0.05, 0) is 29.7 Å². The van der Waals surface area contributed by atoms with E-state index in [1.54, 1.807) is 0 Å². The average molecular weight is 216 g/mol. The van der Waals surface area contributed by atoms with E-state index in [-0.39, 0.29) is 5.41 Å². The molecule has 1 fully saturated rings. The van der Waals surface area contributed by atoms with Crippen LogP contribution < -0.4 is 0 Å². The van der Waals surface area contributed by atoms with Gasteiger partial charge < -0.3 is 0 Å². The number of Topliss-reactive ketones (excluding diaryl/α,β-unsaturated/α-hetero) is 1. The zero-order valence-corrected chi connectivity index (χ0v) is 10.2. The third kappa shape index (κ3) is 2.18. The van der Waals surface area contributed by atoms with Crippen molar-refractivity contribution < 1.29 is 4.79 Å². The number of benzene rings is 1. The fourth-order valence-corrected chi connectivity index (χ4v) is 2.74. The number of hydrogen-bond donors (Lipinski definition) is 0. The van der Waals surface area contributed by atoms with Crippen LogP contribution in [-0.4, -0.2) is 5.78 Å². The molecule has 1 atom stereocenters. The maximum absolute atomic E-state index is 11.6. The quantitative estimate of drug-likeness (QED) is 0.736. The van der Waals surface area contributed by atoms with Gasteiger partial charge in [-0.15, -0.1) is 0 Å². The van der Waals surface area contributed by atoms with Gasteiger partial charge in [-0.1, -0.05) is 44.2 Å². The predicted molar refractivity (Wildman–Crippen MR) is 66.4 cm³/mol. The zero-order chi connectivity index (χ0) is 11.6. The van der Waals surface area contributed by atoms with E-state index in [0.29, 0.717) is 11.7 Å². The minimum Gasteiger partial charge on any atom is -0.300 e. The molecule has 0 radical (unpaired) electrons. The molecule has 1 aromatic carbocycles. The van der Waals surface area contributed by atoms with Gasteiger partial charge in [-0.25, -0.2) is 0 Å². The van der Waals surface area contributed by atoms with Crippen LogP contribution >= 0.6 is 0 Å². The molecule has 1 nitrogen and oxygen atoms in total. The van der Waals surface area contributed by atoms with Crippen molar-refractivity contribution in [2.45, 2.75) is 44.9 Å². The summed E-state index contributed by atoms with van der Waals surface area (Å²) in [6, 6.07) is 10.6. The van der Waals surface area contributed by atoms with E-state index in [1.807, 2.05) is 6.07 Å². The van der Waals surface area contributed by atoms with Crippen molar-refractivity contribution in [1.29, 1.82) is 0 Å². The SMILES string of the molecule is CC(C)(c1ccccc1)C1CCCC(=O)C1. The topological polar surface area (TPSA) is 17.1 Å². The Balaban J connectivity index is 2.21. The van der Waals surface area contributed by atoms with Crippen LogP contribution in [0.1, 0.15) is 45.1 Å². The summed E-state index contributed by atoms with van der Waals surface area (Å²) in [4.78, 5) is 11.6. The summed E-state index contributed by atoms with van der Waals surface area (Å²) < 4.78 is 0. The van der Waals surface area contributed by atoms with Gasteiger partial charge in [-0.2, -0.15) is 0 Å². The molecule has 16 heavy (non-hydrogen) atoms. The third-order valence-electron chi connectivity index (χ3n) is 4.02. The lowest BCUT2D eigenvalue weighted by Crippen LogP contribution is -2.33. The Morgan fingerprint density at radius 3 is 2.50 bits per heavy atom. The van der Waals surface area contributed by atoms with Crippen LogP contribution in [-0.2, 0) is 10.2 Å². The molecular weight excluding hydrogens is 196 g/mol. The first-order chi connectivity index (χ1) is 7.60. The number of ketones is 1. The summed E-state index contributed by atoms with van der Waals surface area (Å²) in [6.07, 6.45) is 3.82. The molecule has 0 N–H and O–H groups in total. The van der Waals surface area contributed by atoms with Crippen molar-refractivity contribution in [3.05, 3.63) is 35.9 Å². The normalized spacial score (nSPS) is 22.1. The Bertz CT molecular complexity index is 364. The largest absolute Gasteiger partial charge is 0.300 e. The summed E-state index contributed by atoms with van der Waals surface area (Å²) in [7, 11) is 0. The van der Waals surface area contributed by atoms with E-state index in [0.717, 1.165) is 19.3 Å². The number of carbonyl (C=O) groups is 1. The molecule has 1 unspecified atom stereocenters. The summed E-state index contributed by atoms with van der Waals surface area (Å²) in [6.45, 7) is 4.54. The number of hydrogen-bond acceptors (Lipinski definition) is 1.